The number of nitrogens with one attached hydrogen (secondary N) is 2. The van der Waals surface area contributed by atoms with Gasteiger partial charge in [-0.15, -0.1) is 5.11 Å². The van der Waals surface area contributed by atoms with E-state index >= 15 is 0 Å². The molecule has 2 heterocycles. The van der Waals surface area contributed by atoms with Crippen LogP contribution in [0.2, 0.25) is 0 Å². The zero-order valence-corrected chi connectivity index (χ0v) is 13.5. The summed E-state index contributed by atoms with van der Waals surface area (Å²) in [5.41, 5.74) is 0.367. The molecule has 10 heteroatoms. The molecule has 4 aromatic rings. The van der Waals surface area contributed by atoms with Crippen LogP contribution in [0.5, 0.6) is 5.88 Å². The first-order valence-electron chi connectivity index (χ1n) is 7.72. The van der Waals surface area contributed by atoms with Crippen LogP contribution < -0.4 is 10.9 Å². The van der Waals surface area contributed by atoms with E-state index in [1.54, 1.807) is 18.2 Å². The molecule has 0 saturated carbocycles. The maximum atomic E-state index is 12.9. The molecule has 0 unspecified atom stereocenters. The number of hydrogen-bond donors (Lipinski definition) is 3. The Bertz CT molecular complexity index is 1170. The van der Waals surface area contributed by atoms with Crippen LogP contribution in [0.15, 0.2) is 68.0 Å². The molecule has 0 aliphatic heterocycles. The van der Waals surface area contributed by atoms with Crippen LogP contribution in [-0.4, -0.2) is 20.1 Å². The second-order valence-corrected chi connectivity index (χ2v) is 5.37. The molecular weight excluding hydrogens is 355 g/mol. The fourth-order valence-corrected chi connectivity index (χ4v) is 2.25. The highest BCUT2D eigenvalue weighted by atomic mass is 19.1. The molecule has 4 rings (SSSR count). The minimum absolute atomic E-state index is 0.0789. The lowest BCUT2D eigenvalue weighted by molar-refractivity contribution is 0.453. The van der Waals surface area contributed by atoms with Gasteiger partial charge in [0.25, 0.3) is 5.56 Å². The second kappa shape index (κ2) is 6.67. The van der Waals surface area contributed by atoms with Gasteiger partial charge >= 0.3 is 6.01 Å². The van der Waals surface area contributed by atoms with Crippen LogP contribution in [0.4, 0.5) is 27.7 Å². The number of nitrogens with zero attached hydrogens (tertiary/aromatic N) is 4. The molecular formula is C17H11FN6O3. The Morgan fingerprint density at radius 1 is 1.07 bits per heavy atom. The van der Waals surface area contributed by atoms with E-state index in [1.165, 1.54) is 24.3 Å². The van der Waals surface area contributed by atoms with Crippen molar-refractivity contribution in [3.8, 4) is 5.88 Å². The molecule has 0 aliphatic rings. The largest absolute Gasteiger partial charge is 0.491 e. The quantitative estimate of drug-likeness (QED) is 0.470. The van der Waals surface area contributed by atoms with Crippen molar-refractivity contribution in [1.29, 1.82) is 0 Å². The summed E-state index contributed by atoms with van der Waals surface area (Å²) in [4.78, 5) is 22.5. The van der Waals surface area contributed by atoms with Crippen LogP contribution >= 0.6 is 0 Å². The van der Waals surface area contributed by atoms with Crippen LogP contribution in [0.25, 0.3) is 11.1 Å². The number of aromatic amines is 1. The molecule has 0 saturated heterocycles. The van der Waals surface area contributed by atoms with Crippen LogP contribution in [0.1, 0.15) is 0 Å². The lowest BCUT2D eigenvalue weighted by atomic mass is 10.3. The number of anilines is 2. The standard InChI is InChI=1S/C17H11FN6O3/c18-9-5-7-10(8-6-9)23-24-13-14(25)20-16(21-15(13)26)22-17-19-11-3-1-2-4-12(11)27-17/h1-8H,(H3,19,20,21,22,25,26). The molecule has 2 aromatic heterocycles. The number of aromatic hydroxyl groups is 1. The van der Waals surface area contributed by atoms with Gasteiger partial charge in [-0.05, 0) is 36.4 Å². The normalized spacial score (nSPS) is 11.3. The molecule has 0 aliphatic carbocycles. The Kier molecular flexibility index (Phi) is 4.05. The lowest BCUT2D eigenvalue weighted by Gasteiger charge is -2.02. The molecule has 134 valence electrons. The van der Waals surface area contributed by atoms with Crippen molar-refractivity contribution in [2.45, 2.75) is 0 Å². The van der Waals surface area contributed by atoms with Crippen LogP contribution in [-0.2, 0) is 0 Å². The van der Waals surface area contributed by atoms with Crippen molar-refractivity contribution in [2.75, 3.05) is 5.32 Å². The number of para-hydroxylation sites is 2. The topological polar surface area (TPSA) is 129 Å². The highest BCUT2D eigenvalue weighted by Gasteiger charge is 2.12. The predicted molar refractivity (Wildman–Crippen MR) is 94.4 cm³/mol. The van der Waals surface area contributed by atoms with Crippen molar-refractivity contribution in [1.82, 2.24) is 15.0 Å². The Morgan fingerprint density at radius 3 is 2.59 bits per heavy atom. The van der Waals surface area contributed by atoms with Gasteiger partial charge in [-0.25, -0.2) is 4.39 Å². The number of rotatable bonds is 4. The van der Waals surface area contributed by atoms with E-state index in [9.17, 15) is 14.3 Å². The summed E-state index contributed by atoms with van der Waals surface area (Å²) in [6.45, 7) is 0. The first-order valence-corrected chi connectivity index (χ1v) is 7.72. The zero-order chi connectivity index (χ0) is 18.8. The molecule has 9 nitrogen and oxygen atoms in total. The predicted octanol–water partition coefficient (Wildman–Crippen LogP) is 3.91. The summed E-state index contributed by atoms with van der Waals surface area (Å²) in [7, 11) is 0. The smallest absolute Gasteiger partial charge is 0.302 e. The lowest BCUT2D eigenvalue weighted by Crippen LogP contribution is -2.10. The van der Waals surface area contributed by atoms with Crippen molar-refractivity contribution in [3.63, 3.8) is 0 Å². The summed E-state index contributed by atoms with van der Waals surface area (Å²) in [6, 6.07) is 12.3. The van der Waals surface area contributed by atoms with Crippen molar-refractivity contribution in [2.24, 2.45) is 10.2 Å². The molecule has 0 bridgehead atoms. The van der Waals surface area contributed by atoms with E-state index in [2.05, 4.69) is 30.5 Å². The fraction of sp³-hybridized carbons (Fsp3) is 0. The van der Waals surface area contributed by atoms with Gasteiger partial charge < -0.3 is 9.52 Å². The molecule has 0 radical (unpaired) electrons. The Morgan fingerprint density at radius 2 is 1.85 bits per heavy atom. The monoisotopic (exact) mass is 366 g/mol. The van der Waals surface area contributed by atoms with Gasteiger partial charge in [-0.2, -0.15) is 15.1 Å². The number of halogens is 1. The Balaban J connectivity index is 1.59. The van der Waals surface area contributed by atoms with E-state index < -0.39 is 17.3 Å². The van der Waals surface area contributed by atoms with Gasteiger partial charge in [0, 0.05) is 0 Å². The number of H-pyrrole nitrogens is 1. The van der Waals surface area contributed by atoms with Gasteiger partial charge in [-0.1, -0.05) is 12.1 Å². The highest BCUT2D eigenvalue weighted by Crippen LogP contribution is 2.25. The molecule has 0 fully saturated rings. The molecule has 2 aromatic carbocycles. The van der Waals surface area contributed by atoms with Crippen molar-refractivity contribution in [3.05, 3.63) is 64.7 Å². The van der Waals surface area contributed by atoms with Crippen molar-refractivity contribution < 1.29 is 13.9 Å². The van der Waals surface area contributed by atoms with Crippen molar-refractivity contribution >= 4 is 34.4 Å². The number of fused-ring (bicyclic) bond motifs is 1. The maximum Gasteiger partial charge on any atom is 0.302 e. The van der Waals surface area contributed by atoms with Crippen LogP contribution in [0, 0.1) is 5.82 Å². The summed E-state index contributed by atoms with van der Waals surface area (Å²) >= 11 is 0. The Hall–Kier alpha value is -4.08. The third-order valence-electron chi connectivity index (χ3n) is 3.49. The number of oxazole rings is 1. The minimum atomic E-state index is -0.730. The van der Waals surface area contributed by atoms with E-state index in [-0.39, 0.29) is 17.7 Å². The number of azo groups is 1. The minimum Gasteiger partial charge on any atom is -0.491 e. The van der Waals surface area contributed by atoms with E-state index in [1.807, 2.05) is 6.07 Å². The van der Waals surface area contributed by atoms with Gasteiger partial charge in [0.15, 0.2) is 5.58 Å². The fourth-order valence-electron chi connectivity index (χ4n) is 2.25. The summed E-state index contributed by atoms with van der Waals surface area (Å²) in [5.74, 6) is -1.14. The third kappa shape index (κ3) is 3.49. The summed E-state index contributed by atoms with van der Waals surface area (Å²) in [6.07, 6.45) is 0. The van der Waals surface area contributed by atoms with Gasteiger partial charge in [0.1, 0.15) is 11.3 Å². The first-order chi connectivity index (χ1) is 13.1. The molecule has 27 heavy (non-hydrogen) atoms. The van der Waals surface area contributed by atoms with E-state index in [0.717, 1.165) is 0 Å². The molecule has 0 spiro atoms. The van der Waals surface area contributed by atoms with Gasteiger partial charge in [0.05, 0.1) is 5.69 Å². The average Bonchev–Trinajstić information content (AvgIpc) is 3.04. The number of benzene rings is 2. The molecule has 0 amide bonds. The number of hydrogen-bond acceptors (Lipinski definition) is 8. The third-order valence-corrected chi connectivity index (χ3v) is 3.49. The first kappa shape index (κ1) is 16.4. The van der Waals surface area contributed by atoms with E-state index in [4.69, 9.17) is 4.42 Å². The average molecular weight is 366 g/mol. The second-order valence-electron chi connectivity index (χ2n) is 5.37. The SMILES string of the molecule is O=c1[nH]c(Nc2nc3ccccc3o2)nc(O)c1N=Nc1ccc(F)cc1. The molecule has 0 atom stereocenters. The molecule has 3 N–H and O–H groups in total. The number of aromatic nitrogens is 3. The zero-order valence-electron chi connectivity index (χ0n) is 13.5. The van der Waals surface area contributed by atoms with Crippen LogP contribution in [0.3, 0.4) is 0 Å². The Labute approximate surface area is 150 Å². The maximum absolute atomic E-state index is 12.9. The highest BCUT2D eigenvalue weighted by molar-refractivity contribution is 5.74. The van der Waals surface area contributed by atoms with E-state index in [0.29, 0.717) is 16.8 Å². The summed E-state index contributed by atoms with van der Waals surface area (Å²) < 4.78 is 18.3. The van der Waals surface area contributed by atoms with Gasteiger partial charge in [-0.3, -0.25) is 15.1 Å². The summed E-state index contributed by atoms with van der Waals surface area (Å²) in [5, 5.41) is 20.1. The van der Waals surface area contributed by atoms with Gasteiger partial charge in [0.2, 0.25) is 17.5 Å².